The molecule has 2 heteroatoms. The Hall–Kier alpha value is -2.33. The second-order valence-electron chi connectivity index (χ2n) is 6.90. The van der Waals surface area contributed by atoms with Crippen LogP contribution in [0.3, 0.4) is 0 Å². The molecule has 0 saturated carbocycles. The molecule has 2 aromatic heterocycles. The average molecular weight is 447 g/mol. The Morgan fingerprint density at radius 2 is 1.27 bits per heavy atom. The van der Waals surface area contributed by atoms with Crippen molar-refractivity contribution in [2.24, 2.45) is 0 Å². The van der Waals surface area contributed by atoms with Crippen molar-refractivity contribution in [3.05, 3.63) is 87.5 Å². The summed E-state index contributed by atoms with van der Waals surface area (Å²) in [5, 5.41) is 2.63. The zero-order valence-electron chi connectivity index (χ0n) is 14.8. The number of aromatic nitrogens is 1. The number of para-hydroxylation sites is 2. The molecule has 0 N–H and O–H groups in total. The van der Waals surface area contributed by atoms with Crippen molar-refractivity contribution in [1.82, 2.24) is 4.40 Å². The van der Waals surface area contributed by atoms with Crippen LogP contribution < -0.4 is 0 Å². The van der Waals surface area contributed by atoms with E-state index in [1.165, 1.54) is 53.1 Å². The number of pyridine rings is 1. The summed E-state index contributed by atoms with van der Waals surface area (Å²) < 4.78 is 3.76. The second kappa shape index (κ2) is 5.85. The fourth-order valence-electron chi connectivity index (χ4n) is 4.03. The van der Waals surface area contributed by atoms with Gasteiger partial charge in [-0.1, -0.05) is 66.2 Å². The first-order valence-corrected chi connectivity index (χ1v) is 9.91. The number of benzene rings is 3. The van der Waals surface area contributed by atoms with E-state index in [1.54, 1.807) is 0 Å². The first-order chi connectivity index (χ1) is 12.7. The number of hydrogen-bond acceptors (Lipinski definition) is 0. The van der Waals surface area contributed by atoms with Gasteiger partial charge in [-0.05, 0) is 59.7 Å². The van der Waals surface area contributed by atoms with Crippen LogP contribution in [0.4, 0.5) is 0 Å². The van der Waals surface area contributed by atoms with Gasteiger partial charge in [0.25, 0.3) is 0 Å². The first kappa shape index (κ1) is 15.9. The standard InChI is InChI=1S/C24H18IN/c1-15-11-13-17(14-12-15)22-23(25)19-8-4-6-10-21(19)26-20-9-5-3-7-18(20)16(2)24(22)26/h3-14H,1-2H3. The number of fused-ring (bicyclic) bond motifs is 5. The maximum atomic E-state index is 2.53. The number of rotatable bonds is 1. The van der Waals surface area contributed by atoms with E-state index in [9.17, 15) is 0 Å². The van der Waals surface area contributed by atoms with Gasteiger partial charge in [-0.2, -0.15) is 0 Å². The minimum absolute atomic E-state index is 1.27. The molecule has 0 radical (unpaired) electrons. The Morgan fingerprint density at radius 3 is 1.96 bits per heavy atom. The van der Waals surface area contributed by atoms with Crippen LogP contribution in [-0.4, -0.2) is 4.40 Å². The lowest BCUT2D eigenvalue weighted by atomic mass is 10.00. The molecule has 26 heavy (non-hydrogen) atoms. The van der Waals surface area contributed by atoms with Gasteiger partial charge < -0.3 is 4.40 Å². The summed E-state index contributed by atoms with van der Waals surface area (Å²) in [4.78, 5) is 0. The summed E-state index contributed by atoms with van der Waals surface area (Å²) in [5.41, 5.74) is 9.11. The predicted octanol–water partition coefficient (Wildman–Crippen LogP) is 7.13. The molecule has 0 amide bonds. The summed E-state index contributed by atoms with van der Waals surface area (Å²) in [5.74, 6) is 0. The van der Waals surface area contributed by atoms with Crippen LogP contribution in [0, 0.1) is 17.4 Å². The Morgan fingerprint density at radius 1 is 0.692 bits per heavy atom. The molecule has 2 heterocycles. The van der Waals surface area contributed by atoms with Crippen LogP contribution in [0.15, 0.2) is 72.8 Å². The normalized spacial score (nSPS) is 11.7. The van der Waals surface area contributed by atoms with E-state index in [2.05, 4.69) is 114 Å². The van der Waals surface area contributed by atoms with Crippen LogP contribution >= 0.6 is 22.6 Å². The molecule has 0 fully saturated rings. The first-order valence-electron chi connectivity index (χ1n) is 8.84. The molecule has 126 valence electrons. The lowest BCUT2D eigenvalue weighted by Crippen LogP contribution is -1.96. The molecule has 5 rings (SSSR count). The Balaban J connectivity index is 2.10. The molecule has 0 aliphatic heterocycles. The molecule has 1 nitrogen and oxygen atoms in total. The third-order valence-corrected chi connectivity index (χ3v) is 6.43. The topological polar surface area (TPSA) is 4.41 Å². The number of nitrogens with zero attached hydrogens (tertiary/aromatic N) is 1. The highest BCUT2D eigenvalue weighted by Crippen LogP contribution is 2.40. The van der Waals surface area contributed by atoms with Gasteiger partial charge in [-0.15, -0.1) is 0 Å². The number of hydrogen-bond donors (Lipinski definition) is 0. The van der Waals surface area contributed by atoms with Crippen LogP contribution in [0.2, 0.25) is 0 Å². The van der Waals surface area contributed by atoms with Crippen molar-refractivity contribution in [3.63, 3.8) is 0 Å². The molecule has 0 aliphatic carbocycles. The van der Waals surface area contributed by atoms with Crippen molar-refractivity contribution < 1.29 is 0 Å². The van der Waals surface area contributed by atoms with Gasteiger partial charge in [0.15, 0.2) is 0 Å². The van der Waals surface area contributed by atoms with Crippen molar-refractivity contribution in [2.45, 2.75) is 13.8 Å². The van der Waals surface area contributed by atoms with E-state index in [0.717, 1.165) is 0 Å². The zero-order valence-corrected chi connectivity index (χ0v) is 16.9. The number of halogens is 1. The third kappa shape index (κ3) is 2.15. The monoisotopic (exact) mass is 447 g/mol. The third-order valence-electron chi connectivity index (χ3n) is 5.31. The van der Waals surface area contributed by atoms with Crippen molar-refractivity contribution in [1.29, 1.82) is 0 Å². The Kier molecular flexibility index (Phi) is 3.57. The predicted molar refractivity (Wildman–Crippen MR) is 120 cm³/mol. The summed E-state index contributed by atoms with van der Waals surface area (Å²) in [6.45, 7) is 4.39. The second-order valence-corrected chi connectivity index (χ2v) is 7.98. The summed E-state index contributed by atoms with van der Waals surface area (Å²) in [6.07, 6.45) is 0. The molecule has 5 aromatic rings. The van der Waals surface area contributed by atoms with Gasteiger partial charge in [-0.3, -0.25) is 0 Å². The molecule has 3 aromatic carbocycles. The summed E-state index contributed by atoms with van der Waals surface area (Å²) in [7, 11) is 0. The van der Waals surface area contributed by atoms with Crippen molar-refractivity contribution in [3.8, 4) is 11.1 Å². The smallest absolute Gasteiger partial charge is 0.0587 e. The summed E-state index contributed by atoms with van der Waals surface area (Å²) >= 11 is 2.53. The molecular weight excluding hydrogens is 429 g/mol. The van der Waals surface area contributed by atoms with Crippen LogP contribution in [0.25, 0.3) is 38.4 Å². The Bertz CT molecular complexity index is 1290. The molecule has 0 spiro atoms. The Labute approximate surface area is 166 Å². The molecule has 0 aliphatic rings. The fraction of sp³-hybridized carbons (Fsp3) is 0.0833. The van der Waals surface area contributed by atoms with E-state index in [0.29, 0.717) is 0 Å². The highest BCUT2D eigenvalue weighted by molar-refractivity contribution is 14.1. The van der Waals surface area contributed by atoms with Gasteiger partial charge in [0.2, 0.25) is 0 Å². The fourth-order valence-corrected chi connectivity index (χ4v) is 5.05. The highest BCUT2D eigenvalue weighted by atomic mass is 127. The van der Waals surface area contributed by atoms with E-state index in [4.69, 9.17) is 0 Å². The minimum atomic E-state index is 1.27. The van der Waals surface area contributed by atoms with E-state index in [-0.39, 0.29) is 0 Å². The van der Waals surface area contributed by atoms with Gasteiger partial charge in [0, 0.05) is 19.9 Å². The van der Waals surface area contributed by atoms with E-state index >= 15 is 0 Å². The van der Waals surface area contributed by atoms with Crippen molar-refractivity contribution >= 4 is 49.9 Å². The lowest BCUT2D eigenvalue weighted by Gasteiger charge is -2.15. The zero-order chi connectivity index (χ0) is 17.8. The molecular formula is C24H18IN. The van der Waals surface area contributed by atoms with Gasteiger partial charge >= 0.3 is 0 Å². The maximum Gasteiger partial charge on any atom is 0.0587 e. The van der Waals surface area contributed by atoms with Crippen LogP contribution in [0.5, 0.6) is 0 Å². The van der Waals surface area contributed by atoms with Gasteiger partial charge in [0.05, 0.1) is 16.6 Å². The van der Waals surface area contributed by atoms with E-state index in [1.807, 2.05) is 0 Å². The quantitative estimate of drug-likeness (QED) is 0.241. The molecule has 0 unspecified atom stereocenters. The highest BCUT2D eigenvalue weighted by Gasteiger charge is 2.19. The van der Waals surface area contributed by atoms with Gasteiger partial charge in [-0.25, -0.2) is 0 Å². The minimum Gasteiger partial charge on any atom is -0.308 e. The van der Waals surface area contributed by atoms with Crippen molar-refractivity contribution in [2.75, 3.05) is 0 Å². The van der Waals surface area contributed by atoms with E-state index < -0.39 is 0 Å². The van der Waals surface area contributed by atoms with Gasteiger partial charge in [0.1, 0.15) is 0 Å². The largest absolute Gasteiger partial charge is 0.308 e. The molecule has 0 atom stereocenters. The number of aryl methyl sites for hydroxylation is 2. The summed E-state index contributed by atoms with van der Waals surface area (Å²) in [6, 6.07) is 26.4. The van der Waals surface area contributed by atoms with Crippen LogP contribution in [0.1, 0.15) is 11.1 Å². The SMILES string of the molecule is Cc1ccc(-c2c(I)c3ccccc3n3c2c(C)c2ccccc23)cc1. The lowest BCUT2D eigenvalue weighted by molar-refractivity contribution is 1.31. The maximum absolute atomic E-state index is 2.53. The average Bonchev–Trinajstić information content (AvgIpc) is 2.97. The molecule has 0 bridgehead atoms. The molecule has 0 saturated heterocycles. The van der Waals surface area contributed by atoms with Crippen LogP contribution in [-0.2, 0) is 0 Å².